The maximum atomic E-state index is 12.2. The number of unbranched alkanes of at least 4 members (excludes halogenated alkanes) is 26. The van der Waals surface area contributed by atoms with Crippen LogP contribution in [0.4, 0.5) is 0 Å². The van der Waals surface area contributed by atoms with Crippen LogP contribution in [0.25, 0.3) is 0 Å². The first-order valence-corrected chi connectivity index (χ1v) is 20.9. The quantitative estimate of drug-likeness (QED) is 0.0400. The zero-order chi connectivity index (χ0) is 35.0. The van der Waals surface area contributed by atoms with Gasteiger partial charge in [-0.1, -0.05) is 186 Å². The third kappa shape index (κ3) is 37.2. The average Bonchev–Trinajstić information content (AvgIpc) is 3.09. The van der Waals surface area contributed by atoms with Crippen LogP contribution in [0, 0.1) is 0 Å². The van der Waals surface area contributed by atoms with Gasteiger partial charge in [-0.25, -0.2) is 0 Å². The fraction of sp³-hybridized carbons (Fsp3) is 0.860. The summed E-state index contributed by atoms with van der Waals surface area (Å²) in [5, 5.41) is 9.56. The lowest BCUT2D eigenvalue weighted by molar-refractivity contribution is -0.161. The molecular formula is C43H80O5. The molecule has 48 heavy (non-hydrogen) atoms. The summed E-state index contributed by atoms with van der Waals surface area (Å²) < 4.78 is 10.6. The minimum Gasteiger partial charge on any atom is -0.462 e. The standard InChI is InChI=1S/C43H80O5/c1-3-5-7-9-11-13-15-17-19-20-21-22-24-25-27-29-31-33-35-37-42(45)47-40-41(39-44)48-43(46)38-36-34-32-30-28-26-23-18-16-14-12-10-8-6-4-2/h12,14,18,23,41,44H,3-11,13,15-17,19-22,24-40H2,1-2H3/b14-12-,23-18-/t41-/m0/s1. The minimum atomic E-state index is -0.774. The molecule has 0 saturated carbocycles. The molecule has 0 heterocycles. The second-order valence-corrected chi connectivity index (χ2v) is 14.1. The van der Waals surface area contributed by atoms with Gasteiger partial charge in [-0.3, -0.25) is 9.59 Å². The maximum Gasteiger partial charge on any atom is 0.306 e. The third-order valence-electron chi connectivity index (χ3n) is 9.25. The Hall–Kier alpha value is -1.62. The fourth-order valence-corrected chi connectivity index (χ4v) is 6.06. The van der Waals surface area contributed by atoms with Crippen LogP contribution in [0.2, 0.25) is 0 Å². The van der Waals surface area contributed by atoms with E-state index in [1.807, 2.05) is 0 Å². The summed E-state index contributed by atoms with van der Waals surface area (Å²) in [5.41, 5.74) is 0. The van der Waals surface area contributed by atoms with E-state index < -0.39 is 6.10 Å². The van der Waals surface area contributed by atoms with Crippen LogP contribution in [0.5, 0.6) is 0 Å². The van der Waals surface area contributed by atoms with Crippen LogP contribution in [0.15, 0.2) is 24.3 Å². The zero-order valence-electron chi connectivity index (χ0n) is 32.0. The van der Waals surface area contributed by atoms with Crippen molar-refractivity contribution in [2.75, 3.05) is 13.2 Å². The molecule has 282 valence electrons. The molecule has 0 aromatic rings. The highest BCUT2D eigenvalue weighted by molar-refractivity contribution is 5.70. The molecule has 0 rings (SSSR count). The van der Waals surface area contributed by atoms with Gasteiger partial charge >= 0.3 is 11.9 Å². The predicted molar refractivity (Wildman–Crippen MR) is 205 cm³/mol. The lowest BCUT2D eigenvalue weighted by atomic mass is 10.0. The molecule has 0 bridgehead atoms. The molecule has 0 unspecified atom stereocenters. The van der Waals surface area contributed by atoms with Crippen molar-refractivity contribution in [3.63, 3.8) is 0 Å². The Bertz CT molecular complexity index is 731. The highest BCUT2D eigenvalue weighted by Crippen LogP contribution is 2.15. The molecule has 0 amide bonds. The molecule has 0 saturated heterocycles. The van der Waals surface area contributed by atoms with Crippen LogP contribution in [0.3, 0.4) is 0 Å². The molecule has 0 fully saturated rings. The normalized spacial score (nSPS) is 12.3. The molecule has 1 N–H and O–H groups in total. The van der Waals surface area contributed by atoms with Gasteiger partial charge in [0, 0.05) is 12.8 Å². The molecular weight excluding hydrogens is 596 g/mol. The number of hydrogen-bond acceptors (Lipinski definition) is 5. The van der Waals surface area contributed by atoms with E-state index in [1.165, 1.54) is 141 Å². The molecule has 0 aromatic carbocycles. The van der Waals surface area contributed by atoms with Crippen molar-refractivity contribution in [1.29, 1.82) is 0 Å². The van der Waals surface area contributed by atoms with Crippen LogP contribution in [-0.4, -0.2) is 36.4 Å². The molecule has 0 radical (unpaired) electrons. The number of carbonyl (C=O) groups is 2. The van der Waals surface area contributed by atoms with Gasteiger partial charge in [-0.05, 0) is 44.9 Å². The van der Waals surface area contributed by atoms with E-state index in [0.717, 1.165) is 51.4 Å². The summed E-state index contributed by atoms with van der Waals surface area (Å²) in [6.45, 7) is 4.12. The van der Waals surface area contributed by atoms with Gasteiger partial charge in [-0.15, -0.1) is 0 Å². The molecule has 0 aliphatic rings. The Labute approximate surface area is 298 Å². The highest BCUT2D eigenvalue weighted by Gasteiger charge is 2.16. The van der Waals surface area contributed by atoms with E-state index in [2.05, 4.69) is 38.2 Å². The van der Waals surface area contributed by atoms with E-state index in [0.29, 0.717) is 12.8 Å². The Morgan fingerprint density at radius 3 is 1.27 bits per heavy atom. The summed E-state index contributed by atoms with van der Waals surface area (Å²) in [6.07, 6.45) is 46.7. The van der Waals surface area contributed by atoms with Crippen LogP contribution < -0.4 is 0 Å². The number of rotatable bonds is 38. The second-order valence-electron chi connectivity index (χ2n) is 14.1. The van der Waals surface area contributed by atoms with Crippen LogP contribution >= 0.6 is 0 Å². The van der Waals surface area contributed by atoms with Gasteiger partial charge in [0.15, 0.2) is 6.10 Å². The monoisotopic (exact) mass is 677 g/mol. The smallest absolute Gasteiger partial charge is 0.306 e. The van der Waals surface area contributed by atoms with Crippen LogP contribution in [0.1, 0.15) is 219 Å². The van der Waals surface area contributed by atoms with Gasteiger partial charge in [0.1, 0.15) is 6.61 Å². The number of aliphatic hydroxyl groups excluding tert-OH is 1. The van der Waals surface area contributed by atoms with Crippen molar-refractivity contribution in [2.24, 2.45) is 0 Å². The van der Waals surface area contributed by atoms with Crippen molar-refractivity contribution in [3.05, 3.63) is 24.3 Å². The number of hydrogen-bond donors (Lipinski definition) is 1. The van der Waals surface area contributed by atoms with Crippen molar-refractivity contribution >= 4 is 11.9 Å². The second kappa shape index (κ2) is 39.8. The Morgan fingerprint density at radius 1 is 0.479 bits per heavy atom. The zero-order valence-corrected chi connectivity index (χ0v) is 32.0. The molecule has 0 spiro atoms. The summed E-state index contributed by atoms with van der Waals surface area (Å²) in [4.78, 5) is 24.3. The first kappa shape index (κ1) is 46.4. The first-order chi connectivity index (χ1) is 23.6. The van der Waals surface area contributed by atoms with Gasteiger partial charge in [0.25, 0.3) is 0 Å². The maximum absolute atomic E-state index is 12.2. The lowest BCUT2D eigenvalue weighted by Gasteiger charge is -2.15. The molecule has 5 nitrogen and oxygen atoms in total. The van der Waals surface area contributed by atoms with Crippen molar-refractivity contribution in [1.82, 2.24) is 0 Å². The fourth-order valence-electron chi connectivity index (χ4n) is 6.06. The topological polar surface area (TPSA) is 72.8 Å². The lowest BCUT2D eigenvalue weighted by Crippen LogP contribution is -2.28. The number of allylic oxidation sites excluding steroid dienone is 4. The Kier molecular flexibility index (Phi) is 38.5. The summed E-state index contributed by atoms with van der Waals surface area (Å²) in [5.74, 6) is -0.597. The average molecular weight is 677 g/mol. The third-order valence-corrected chi connectivity index (χ3v) is 9.25. The Morgan fingerprint density at radius 2 is 0.833 bits per heavy atom. The van der Waals surface area contributed by atoms with E-state index in [4.69, 9.17) is 9.47 Å². The first-order valence-electron chi connectivity index (χ1n) is 20.9. The summed E-state index contributed by atoms with van der Waals surface area (Å²) >= 11 is 0. The van der Waals surface area contributed by atoms with E-state index in [1.54, 1.807) is 0 Å². The molecule has 5 heteroatoms. The van der Waals surface area contributed by atoms with Gasteiger partial charge in [0.2, 0.25) is 0 Å². The SMILES string of the molecule is CCCCC/C=C\C/C=C\CCCCCCCC(=O)O[C@@H](CO)COC(=O)CCCCCCCCCCCCCCCCCCCCC. The van der Waals surface area contributed by atoms with Gasteiger partial charge in [-0.2, -0.15) is 0 Å². The molecule has 0 aliphatic carbocycles. The number of carbonyl (C=O) groups excluding carboxylic acids is 2. The van der Waals surface area contributed by atoms with Crippen LogP contribution in [-0.2, 0) is 19.1 Å². The predicted octanol–water partition coefficient (Wildman–Crippen LogP) is 13.1. The van der Waals surface area contributed by atoms with Crippen molar-refractivity contribution in [2.45, 2.75) is 225 Å². The summed E-state index contributed by atoms with van der Waals surface area (Å²) in [6, 6.07) is 0. The van der Waals surface area contributed by atoms with E-state index in [-0.39, 0.29) is 25.2 Å². The number of aliphatic hydroxyl groups is 1. The van der Waals surface area contributed by atoms with Crippen molar-refractivity contribution < 1.29 is 24.2 Å². The van der Waals surface area contributed by atoms with Gasteiger partial charge in [0.05, 0.1) is 6.61 Å². The number of ether oxygens (including phenoxy) is 2. The number of esters is 2. The van der Waals surface area contributed by atoms with E-state index in [9.17, 15) is 14.7 Å². The minimum absolute atomic E-state index is 0.0671. The molecule has 0 aliphatic heterocycles. The molecule has 0 aromatic heterocycles. The van der Waals surface area contributed by atoms with Crippen molar-refractivity contribution in [3.8, 4) is 0 Å². The van der Waals surface area contributed by atoms with E-state index >= 15 is 0 Å². The molecule has 1 atom stereocenters. The summed E-state index contributed by atoms with van der Waals surface area (Å²) in [7, 11) is 0. The van der Waals surface area contributed by atoms with Gasteiger partial charge < -0.3 is 14.6 Å². The highest BCUT2D eigenvalue weighted by atomic mass is 16.6. The Balaban J connectivity index is 3.52. The largest absolute Gasteiger partial charge is 0.462 e.